The van der Waals surface area contributed by atoms with Gasteiger partial charge in [-0.05, 0) is 18.9 Å². The van der Waals surface area contributed by atoms with Crippen LogP contribution in [0.15, 0.2) is 29.9 Å². The molecule has 0 saturated heterocycles. The fourth-order valence-corrected chi connectivity index (χ4v) is 4.36. The highest BCUT2D eigenvalue weighted by molar-refractivity contribution is 7.09. The molecule has 7 heteroatoms. The first-order chi connectivity index (χ1) is 12.7. The molecule has 0 aliphatic heterocycles. The van der Waals surface area contributed by atoms with Gasteiger partial charge in [0.2, 0.25) is 0 Å². The smallest absolute Gasteiger partial charge is 0.342 e. The second kappa shape index (κ2) is 7.45. The van der Waals surface area contributed by atoms with Crippen LogP contribution < -0.4 is 4.74 Å². The topological polar surface area (TPSA) is 65.7 Å². The molecule has 6 nitrogen and oxygen atoms in total. The first kappa shape index (κ1) is 17.0. The van der Waals surface area contributed by atoms with Gasteiger partial charge in [-0.25, -0.2) is 14.3 Å². The zero-order valence-electron chi connectivity index (χ0n) is 14.7. The number of carbonyl (C=O) groups is 1. The molecule has 0 atom stereocenters. The molecule has 136 valence electrons. The number of hydrogen-bond acceptors (Lipinski definition) is 6. The number of esters is 1. The van der Waals surface area contributed by atoms with E-state index in [9.17, 15) is 4.79 Å². The fraction of sp³-hybridized carbons (Fsp3) is 0.421. The molecule has 0 aromatic carbocycles. The van der Waals surface area contributed by atoms with Crippen molar-refractivity contribution in [1.29, 1.82) is 0 Å². The van der Waals surface area contributed by atoms with Gasteiger partial charge in [-0.3, -0.25) is 0 Å². The third-order valence-corrected chi connectivity index (χ3v) is 5.88. The molecule has 4 rings (SSSR count). The Morgan fingerprint density at radius 1 is 1.35 bits per heavy atom. The molecule has 1 aliphatic rings. The van der Waals surface area contributed by atoms with Crippen molar-refractivity contribution in [1.82, 2.24) is 14.6 Å². The van der Waals surface area contributed by atoms with Crippen LogP contribution in [-0.2, 0) is 11.3 Å². The normalized spacial score (nSPS) is 15.3. The fourth-order valence-electron chi connectivity index (χ4n) is 3.39. The highest BCUT2D eigenvalue weighted by atomic mass is 32.1. The van der Waals surface area contributed by atoms with E-state index in [1.807, 2.05) is 5.38 Å². The summed E-state index contributed by atoms with van der Waals surface area (Å²) in [5.41, 5.74) is 1.90. The summed E-state index contributed by atoms with van der Waals surface area (Å²) >= 11 is 1.68. The van der Waals surface area contributed by atoms with Gasteiger partial charge in [0.05, 0.1) is 29.5 Å². The predicted molar refractivity (Wildman–Crippen MR) is 98.8 cm³/mol. The highest BCUT2D eigenvalue weighted by Crippen LogP contribution is 2.34. The van der Waals surface area contributed by atoms with Crippen molar-refractivity contribution in [3.63, 3.8) is 0 Å². The number of nitrogens with zero attached hydrogens (tertiary/aromatic N) is 3. The van der Waals surface area contributed by atoms with Gasteiger partial charge in [-0.2, -0.15) is 5.10 Å². The van der Waals surface area contributed by atoms with E-state index in [2.05, 4.69) is 10.1 Å². The van der Waals surface area contributed by atoms with E-state index in [0.717, 1.165) is 5.69 Å². The molecule has 26 heavy (non-hydrogen) atoms. The molecule has 3 heterocycles. The van der Waals surface area contributed by atoms with E-state index in [4.69, 9.17) is 9.47 Å². The Hall–Kier alpha value is -2.41. The summed E-state index contributed by atoms with van der Waals surface area (Å²) in [5, 5.41) is 7.36. The number of methoxy groups -OCH3 is 1. The van der Waals surface area contributed by atoms with Gasteiger partial charge in [0.1, 0.15) is 17.9 Å². The zero-order valence-corrected chi connectivity index (χ0v) is 15.5. The first-order valence-corrected chi connectivity index (χ1v) is 9.75. The first-order valence-electron chi connectivity index (χ1n) is 8.87. The number of hydrogen-bond donors (Lipinski definition) is 0. The molecule has 3 aromatic heterocycles. The van der Waals surface area contributed by atoms with Crippen molar-refractivity contribution in [3.8, 4) is 5.75 Å². The molecule has 0 unspecified atom stereocenters. The van der Waals surface area contributed by atoms with Crippen LogP contribution in [0.1, 0.15) is 59.1 Å². The monoisotopic (exact) mass is 371 g/mol. The lowest BCUT2D eigenvalue weighted by atomic mass is 9.90. The van der Waals surface area contributed by atoms with Crippen molar-refractivity contribution < 1.29 is 14.3 Å². The Morgan fingerprint density at radius 3 is 3.00 bits per heavy atom. The van der Waals surface area contributed by atoms with E-state index < -0.39 is 5.97 Å². The van der Waals surface area contributed by atoms with Gasteiger partial charge in [0.25, 0.3) is 0 Å². The van der Waals surface area contributed by atoms with Gasteiger partial charge in [-0.15, -0.1) is 11.3 Å². The zero-order chi connectivity index (χ0) is 17.9. The standard InChI is InChI=1S/C19H21N3O3S/c1-24-15-7-8-22-17(9-15)16(10-20-22)19(23)25-11-14-12-26-18(21-14)13-5-3-2-4-6-13/h7-10,12-13H,2-6,11H2,1H3. The number of carbonyl (C=O) groups excluding carboxylic acids is 1. The second-order valence-electron chi connectivity index (χ2n) is 6.54. The van der Waals surface area contributed by atoms with Crippen molar-refractivity contribution >= 4 is 22.8 Å². The Morgan fingerprint density at radius 2 is 2.19 bits per heavy atom. The quantitative estimate of drug-likeness (QED) is 0.629. The minimum Gasteiger partial charge on any atom is -0.497 e. The van der Waals surface area contributed by atoms with Crippen LogP contribution in [0, 0.1) is 0 Å². The third-order valence-electron chi connectivity index (χ3n) is 4.82. The van der Waals surface area contributed by atoms with Crippen LogP contribution in [-0.4, -0.2) is 27.7 Å². The molecular weight excluding hydrogens is 350 g/mol. The largest absolute Gasteiger partial charge is 0.497 e. The van der Waals surface area contributed by atoms with Crippen LogP contribution in [0.5, 0.6) is 5.75 Å². The minimum atomic E-state index is -0.402. The number of pyridine rings is 1. The molecule has 0 bridgehead atoms. The molecule has 0 radical (unpaired) electrons. The van der Waals surface area contributed by atoms with Crippen LogP contribution >= 0.6 is 11.3 Å². The third kappa shape index (κ3) is 3.44. The van der Waals surface area contributed by atoms with Gasteiger partial charge in [-0.1, -0.05) is 19.3 Å². The molecule has 3 aromatic rings. The van der Waals surface area contributed by atoms with Crippen LogP contribution in [0.2, 0.25) is 0 Å². The van der Waals surface area contributed by atoms with E-state index in [1.54, 1.807) is 41.3 Å². The van der Waals surface area contributed by atoms with Gasteiger partial charge in [0.15, 0.2) is 0 Å². The van der Waals surface area contributed by atoms with Crippen molar-refractivity contribution in [3.05, 3.63) is 46.2 Å². The Labute approximate surface area is 155 Å². The van der Waals surface area contributed by atoms with Crippen molar-refractivity contribution in [2.45, 2.75) is 44.6 Å². The summed E-state index contributed by atoms with van der Waals surface area (Å²) in [7, 11) is 1.59. The van der Waals surface area contributed by atoms with Crippen molar-refractivity contribution in [2.24, 2.45) is 0 Å². The van der Waals surface area contributed by atoms with E-state index in [-0.39, 0.29) is 6.61 Å². The van der Waals surface area contributed by atoms with Crippen LogP contribution in [0.3, 0.4) is 0 Å². The Bertz CT molecular complexity index is 912. The van der Waals surface area contributed by atoms with Gasteiger partial charge < -0.3 is 9.47 Å². The lowest BCUT2D eigenvalue weighted by Gasteiger charge is -2.18. The number of thiazole rings is 1. The number of aromatic nitrogens is 3. The van der Waals surface area contributed by atoms with Gasteiger partial charge in [0, 0.05) is 23.6 Å². The molecule has 1 saturated carbocycles. The average Bonchev–Trinajstić information content (AvgIpc) is 3.33. The molecule has 1 fully saturated rings. The minimum absolute atomic E-state index is 0.184. The average molecular weight is 371 g/mol. The maximum absolute atomic E-state index is 12.5. The summed E-state index contributed by atoms with van der Waals surface area (Å²) in [6.07, 6.45) is 9.61. The molecule has 0 N–H and O–H groups in total. The summed E-state index contributed by atoms with van der Waals surface area (Å²) in [5.74, 6) is 0.842. The van der Waals surface area contributed by atoms with E-state index in [0.29, 0.717) is 22.7 Å². The Kier molecular flexibility index (Phi) is 4.88. The van der Waals surface area contributed by atoms with E-state index in [1.165, 1.54) is 43.3 Å². The lowest BCUT2D eigenvalue weighted by molar-refractivity contribution is 0.0470. The van der Waals surface area contributed by atoms with E-state index >= 15 is 0 Å². The number of ether oxygens (including phenoxy) is 2. The van der Waals surface area contributed by atoms with Crippen LogP contribution in [0.25, 0.3) is 5.52 Å². The molecule has 0 amide bonds. The summed E-state index contributed by atoms with van der Waals surface area (Å²) in [6.45, 7) is 0.184. The SMILES string of the molecule is COc1ccn2ncc(C(=O)OCc3csc(C4CCCCC4)n3)c2c1. The molecule has 1 aliphatic carbocycles. The summed E-state index contributed by atoms with van der Waals surface area (Å²) in [6, 6.07) is 3.56. The second-order valence-corrected chi connectivity index (χ2v) is 7.43. The van der Waals surface area contributed by atoms with Crippen molar-refractivity contribution in [2.75, 3.05) is 7.11 Å². The molecular formula is C19H21N3O3S. The maximum atomic E-state index is 12.5. The van der Waals surface area contributed by atoms with Crippen LogP contribution in [0.4, 0.5) is 0 Å². The Balaban J connectivity index is 1.43. The maximum Gasteiger partial charge on any atom is 0.342 e. The lowest BCUT2D eigenvalue weighted by Crippen LogP contribution is -2.06. The molecule has 0 spiro atoms. The number of rotatable bonds is 5. The predicted octanol–water partition coefficient (Wildman–Crippen LogP) is 4.20. The summed E-state index contributed by atoms with van der Waals surface area (Å²) in [4.78, 5) is 17.1. The highest BCUT2D eigenvalue weighted by Gasteiger charge is 2.20. The number of fused-ring (bicyclic) bond motifs is 1. The summed E-state index contributed by atoms with van der Waals surface area (Å²) < 4.78 is 12.3. The van der Waals surface area contributed by atoms with Gasteiger partial charge >= 0.3 is 5.97 Å².